The predicted molar refractivity (Wildman–Crippen MR) is 42.5 cm³/mol. The van der Waals surface area contributed by atoms with Crippen molar-refractivity contribution in [3.63, 3.8) is 0 Å². The SMILES string of the molecule is [LiH].c1cc2ccocc-2c1. The van der Waals surface area contributed by atoms with Crippen molar-refractivity contribution in [2.75, 3.05) is 0 Å². The predicted octanol–water partition coefficient (Wildman–Crippen LogP) is 1.74. The fraction of sp³-hybridized carbons (Fsp3) is 0. The number of fused-ring (bicyclic) bond motifs is 1. The maximum absolute atomic E-state index is 4.95. The van der Waals surface area contributed by atoms with E-state index in [9.17, 15) is 0 Å². The Balaban J connectivity index is 0.000000500. The van der Waals surface area contributed by atoms with Crippen molar-refractivity contribution < 1.29 is 4.42 Å². The molecule has 0 bridgehead atoms. The molecule has 0 saturated heterocycles. The van der Waals surface area contributed by atoms with Crippen LogP contribution in [0.2, 0.25) is 0 Å². The normalized spacial score (nSPS) is 9.20. The summed E-state index contributed by atoms with van der Waals surface area (Å²) in [5.41, 5.74) is 2.40. The van der Waals surface area contributed by atoms with E-state index in [0.29, 0.717) is 0 Å². The summed E-state index contributed by atoms with van der Waals surface area (Å²) >= 11 is 0. The molecule has 0 aromatic carbocycles. The quantitative estimate of drug-likeness (QED) is 0.490. The van der Waals surface area contributed by atoms with Crippen LogP contribution < -0.4 is 0 Å². The summed E-state index contributed by atoms with van der Waals surface area (Å²) in [7, 11) is 0. The second-order valence-electron chi connectivity index (χ2n) is 1.99. The van der Waals surface area contributed by atoms with E-state index in [4.69, 9.17) is 4.42 Å². The average molecular weight is 126 g/mol. The monoisotopic (exact) mass is 126 g/mol. The van der Waals surface area contributed by atoms with Gasteiger partial charge in [-0.1, -0.05) is 18.2 Å². The first-order chi connectivity index (χ1) is 4.47. The van der Waals surface area contributed by atoms with Crippen molar-refractivity contribution in [3.05, 3.63) is 36.8 Å². The van der Waals surface area contributed by atoms with Gasteiger partial charge in [0.2, 0.25) is 0 Å². The average Bonchev–Trinajstić information content (AvgIpc) is 2.33. The molecule has 1 nitrogen and oxygen atoms in total. The molecule has 0 unspecified atom stereocenters. The summed E-state index contributed by atoms with van der Waals surface area (Å²) in [6.07, 6.45) is 3.43. The van der Waals surface area contributed by atoms with Crippen molar-refractivity contribution in [1.82, 2.24) is 0 Å². The van der Waals surface area contributed by atoms with Crippen molar-refractivity contribution in [3.8, 4) is 11.1 Å². The van der Waals surface area contributed by atoms with E-state index in [1.165, 1.54) is 5.56 Å². The Morgan fingerprint density at radius 3 is 2.60 bits per heavy atom. The van der Waals surface area contributed by atoms with E-state index < -0.39 is 0 Å². The first-order valence-corrected chi connectivity index (χ1v) is 2.88. The molecule has 0 saturated carbocycles. The smallest absolute Gasteiger partial charge is 0.0979 e. The molecule has 0 amide bonds. The van der Waals surface area contributed by atoms with Gasteiger partial charge >= 0.3 is 18.9 Å². The van der Waals surface area contributed by atoms with Crippen molar-refractivity contribution >= 4 is 18.9 Å². The zero-order valence-corrected chi connectivity index (χ0v) is 4.87. The molecule has 0 radical (unpaired) electrons. The van der Waals surface area contributed by atoms with Gasteiger partial charge in [-0.2, -0.15) is 0 Å². The number of hydrogen-bond donors (Lipinski definition) is 0. The Kier molecular flexibility index (Phi) is 2.21. The van der Waals surface area contributed by atoms with Crippen molar-refractivity contribution in [2.24, 2.45) is 0 Å². The topological polar surface area (TPSA) is 13.1 Å². The Hall–Kier alpha value is -0.643. The van der Waals surface area contributed by atoms with Gasteiger partial charge in [0.1, 0.15) is 0 Å². The maximum Gasteiger partial charge on any atom is 0.0979 e. The minimum absolute atomic E-state index is 0. The summed E-state index contributed by atoms with van der Waals surface area (Å²) in [4.78, 5) is 0. The third-order valence-corrected chi connectivity index (χ3v) is 1.41. The molecule has 10 heavy (non-hydrogen) atoms. The minimum atomic E-state index is 0. The van der Waals surface area contributed by atoms with E-state index in [2.05, 4.69) is 6.07 Å². The second-order valence-corrected chi connectivity index (χ2v) is 1.99. The van der Waals surface area contributed by atoms with Crippen LogP contribution in [0.3, 0.4) is 0 Å². The largest absolute Gasteiger partial charge is 0.472 e. The molecular weight excluding hydrogens is 119 g/mol. The first-order valence-electron chi connectivity index (χ1n) is 2.88. The van der Waals surface area contributed by atoms with Crippen LogP contribution in [0, 0.1) is 0 Å². The van der Waals surface area contributed by atoms with Gasteiger partial charge in [0.05, 0.1) is 12.5 Å². The minimum Gasteiger partial charge on any atom is -0.472 e. The van der Waals surface area contributed by atoms with Gasteiger partial charge in [0.25, 0.3) is 0 Å². The molecule has 0 fully saturated rings. The van der Waals surface area contributed by atoms with E-state index in [-0.39, 0.29) is 18.9 Å². The summed E-state index contributed by atoms with van der Waals surface area (Å²) in [5.74, 6) is 0. The Labute approximate surface area is 71.6 Å². The van der Waals surface area contributed by atoms with E-state index in [0.717, 1.165) is 5.56 Å². The zero-order chi connectivity index (χ0) is 6.10. The van der Waals surface area contributed by atoms with Gasteiger partial charge in [0, 0.05) is 5.56 Å². The van der Waals surface area contributed by atoms with Gasteiger partial charge in [-0.3, -0.25) is 0 Å². The third-order valence-electron chi connectivity index (χ3n) is 1.41. The van der Waals surface area contributed by atoms with Crippen molar-refractivity contribution in [1.29, 1.82) is 0 Å². The summed E-state index contributed by atoms with van der Waals surface area (Å²) in [5, 5.41) is 0. The molecule has 2 rings (SSSR count). The molecular formula is C8H7LiO. The van der Waals surface area contributed by atoms with Gasteiger partial charge in [-0.15, -0.1) is 0 Å². The Morgan fingerprint density at radius 1 is 1.00 bits per heavy atom. The fourth-order valence-electron chi connectivity index (χ4n) is 0.932. The molecule has 2 heteroatoms. The van der Waals surface area contributed by atoms with Gasteiger partial charge < -0.3 is 4.42 Å². The van der Waals surface area contributed by atoms with E-state index in [1.54, 1.807) is 12.5 Å². The Bertz CT molecular complexity index is 249. The van der Waals surface area contributed by atoms with E-state index in [1.807, 2.05) is 18.2 Å². The Morgan fingerprint density at radius 2 is 1.80 bits per heavy atom. The van der Waals surface area contributed by atoms with Crippen LogP contribution in [0.5, 0.6) is 0 Å². The molecule has 0 spiro atoms. The zero-order valence-electron chi connectivity index (χ0n) is 4.87. The van der Waals surface area contributed by atoms with Crippen LogP contribution in [0.15, 0.2) is 41.2 Å². The van der Waals surface area contributed by atoms with Crippen LogP contribution in [0.25, 0.3) is 11.1 Å². The standard InChI is InChI=1S/C8H6O.Li.H/c1-2-7-4-5-9-6-8(7)3-1;;/h1-6H;;. The summed E-state index contributed by atoms with van der Waals surface area (Å²) in [6, 6.07) is 8.05. The molecule has 46 valence electrons. The van der Waals surface area contributed by atoms with Crippen LogP contribution in [0.1, 0.15) is 0 Å². The van der Waals surface area contributed by atoms with Crippen LogP contribution >= 0.6 is 0 Å². The number of rotatable bonds is 0. The molecule has 1 heterocycles. The molecule has 1 aliphatic heterocycles. The van der Waals surface area contributed by atoms with Crippen LogP contribution in [0.4, 0.5) is 0 Å². The molecule has 0 aromatic heterocycles. The molecule has 0 aromatic rings. The van der Waals surface area contributed by atoms with Gasteiger partial charge in [-0.05, 0) is 11.6 Å². The van der Waals surface area contributed by atoms with E-state index >= 15 is 0 Å². The van der Waals surface area contributed by atoms with Crippen molar-refractivity contribution in [2.45, 2.75) is 0 Å². The first kappa shape index (κ1) is 7.46. The molecule has 0 N–H and O–H groups in total. The molecule has 2 aliphatic rings. The number of hydrogen-bond acceptors (Lipinski definition) is 1. The van der Waals surface area contributed by atoms with Gasteiger partial charge in [0.15, 0.2) is 0 Å². The molecule has 0 atom stereocenters. The second kappa shape index (κ2) is 2.96. The van der Waals surface area contributed by atoms with Crippen LogP contribution in [-0.4, -0.2) is 18.9 Å². The molecule has 1 aliphatic carbocycles. The summed E-state index contributed by atoms with van der Waals surface area (Å²) < 4.78 is 4.95. The summed E-state index contributed by atoms with van der Waals surface area (Å²) in [6.45, 7) is 0. The maximum atomic E-state index is 4.95. The third kappa shape index (κ3) is 1.11. The van der Waals surface area contributed by atoms with Gasteiger partial charge in [-0.25, -0.2) is 0 Å². The fourth-order valence-corrected chi connectivity index (χ4v) is 0.932. The van der Waals surface area contributed by atoms with Crippen LogP contribution in [-0.2, 0) is 0 Å².